The van der Waals surface area contributed by atoms with Crippen LogP contribution >= 0.6 is 0 Å². The third-order valence-corrected chi connectivity index (χ3v) is 17.3. The number of nitrogens with zero attached hydrogens (tertiary/aromatic N) is 2. The van der Waals surface area contributed by atoms with Gasteiger partial charge in [0, 0.05) is 31.0 Å². The van der Waals surface area contributed by atoms with E-state index in [1.54, 1.807) is 4.90 Å². The number of rotatable bonds is 6. The van der Waals surface area contributed by atoms with Crippen molar-refractivity contribution < 1.29 is 33.6 Å². The molecule has 0 radical (unpaired) electrons. The second-order valence-electron chi connectivity index (χ2n) is 20.4. The van der Waals surface area contributed by atoms with E-state index < -0.39 is 6.10 Å². The highest BCUT2D eigenvalue weighted by Crippen LogP contribution is 2.89. The normalized spacial score (nSPS) is 48.8. The molecule has 0 aromatic heterocycles. The third kappa shape index (κ3) is 5.04. The van der Waals surface area contributed by atoms with E-state index in [1.165, 1.54) is 19.3 Å². The van der Waals surface area contributed by atoms with Crippen LogP contribution in [0.4, 0.5) is 4.79 Å². The lowest BCUT2D eigenvalue weighted by Crippen LogP contribution is -2.60. The lowest BCUT2D eigenvalue weighted by atomic mass is 9.41. The smallest absolute Gasteiger partial charge is 0.410 e. The minimum absolute atomic E-state index is 0.00541. The van der Waals surface area contributed by atoms with Crippen molar-refractivity contribution in [2.75, 3.05) is 32.8 Å². The first-order valence-corrected chi connectivity index (χ1v) is 20.9. The van der Waals surface area contributed by atoms with Gasteiger partial charge in [-0.1, -0.05) is 62.3 Å². The molecule has 3 heterocycles. The van der Waals surface area contributed by atoms with Crippen molar-refractivity contribution in [1.29, 1.82) is 0 Å². The van der Waals surface area contributed by atoms with Crippen molar-refractivity contribution in [2.45, 2.75) is 157 Å². The second-order valence-corrected chi connectivity index (χ2v) is 20.4. The summed E-state index contributed by atoms with van der Waals surface area (Å²) in [5.74, 6) is 1.98. The Hall–Kier alpha value is -1.42. The van der Waals surface area contributed by atoms with Gasteiger partial charge in [0.2, 0.25) is 5.91 Å². The third-order valence-electron chi connectivity index (χ3n) is 17.3. The maximum Gasteiger partial charge on any atom is 0.410 e. The molecule has 51 heavy (non-hydrogen) atoms. The predicted molar refractivity (Wildman–Crippen MR) is 193 cm³/mol. The van der Waals surface area contributed by atoms with Crippen LogP contribution in [0.5, 0.6) is 0 Å². The lowest BCUT2D eigenvalue weighted by Gasteiger charge is -2.64. The SMILES string of the molecule is CC(C)C(=O)N1CCO[C@@H](OC2CC[C@]34C[C@]35CC[C@]3(C)[C@@H]6[C@H](O[C@@H]([C@H](OC(=O)N7CCC7)C(C)C)C[C@H]6C)[C@H](O)[C@@]3(C)[C@@H]5CC[C@H]4C2(C)C)C1. The van der Waals surface area contributed by atoms with E-state index in [4.69, 9.17) is 18.9 Å². The Kier molecular flexibility index (Phi) is 8.81. The summed E-state index contributed by atoms with van der Waals surface area (Å²) in [7, 11) is 0. The van der Waals surface area contributed by atoms with Crippen molar-refractivity contribution >= 4 is 12.0 Å². The summed E-state index contributed by atoms with van der Waals surface area (Å²) in [6.45, 7) is 23.6. The number of amides is 2. The number of aliphatic hydroxyl groups excluding tert-OH is 1. The fraction of sp³-hybridized carbons (Fsp3) is 0.952. The highest BCUT2D eigenvalue weighted by atomic mass is 16.7. The van der Waals surface area contributed by atoms with Crippen LogP contribution in [0.3, 0.4) is 0 Å². The Morgan fingerprint density at radius 1 is 0.902 bits per heavy atom. The van der Waals surface area contributed by atoms with E-state index in [9.17, 15) is 14.7 Å². The zero-order valence-electron chi connectivity index (χ0n) is 33.1. The van der Waals surface area contributed by atoms with E-state index in [-0.39, 0.29) is 82.1 Å². The first-order valence-electron chi connectivity index (χ1n) is 20.9. The van der Waals surface area contributed by atoms with Gasteiger partial charge in [0.15, 0.2) is 6.29 Å². The van der Waals surface area contributed by atoms with Gasteiger partial charge in [0.25, 0.3) is 0 Å². The van der Waals surface area contributed by atoms with E-state index in [1.807, 2.05) is 18.7 Å². The standard InChI is InChI=1S/C42H68N2O7/c1-24(2)33(51-37(47)43-17-10-18-43)27-21-26(5)32-34(49-27)35(45)40(9)29-12-11-28-38(6,7)30(50-31-22-44(19-20-48-31)36(46)25(3)4)13-14-41(28)23-42(29,41)16-15-39(32,40)8/h24-35,45H,10-23H2,1-9H3/t26-,27-,28+,29+,30?,31+,32+,33-,34+,35+,39-,40-,41-,42+/m1/s1. The summed E-state index contributed by atoms with van der Waals surface area (Å²) in [6.07, 6.45) is 8.28. The van der Waals surface area contributed by atoms with E-state index >= 15 is 0 Å². The maximum absolute atomic E-state index is 13.0. The number of aliphatic hydroxyl groups is 1. The topological polar surface area (TPSA) is 97.8 Å². The van der Waals surface area contributed by atoms with Crippen molar-refractivity contribution in [3.8, 4) is 0 Å². The molecule has 5 aliphatic carbocycles. The fourth-order valence-electron chi connectivity index (χ4n) is 14.5. The molecule has 0 bridgehead atoms. The van der Waals surface area contributed by atoms with Gasteiger partial charge in [-0.2, -0.15) is 0 Å². The van der Waals surface area contributed by atoms with Crippen LogP contribution < -0.4 is 0 Å². The Bertz CT molecular complexity index is 1380. The molecule has 2 spiro atoms. The van der Waals surface area contributed by atoms with Crippen molar-refractivity contribution in [1.82, 2.24) is 9.80 Å². The number of hydrogen-bond acceptors (Lipinski definition) is 7. The van der Waals surface area contributed by atoms with Gasteiger partial charge in [-0.25, -0.2) is 4.79 Å². The molecule has 9 nitrogen and oxygen atoms in total. The van der Waals surface area contributed by atoms with Crippen molar-refractivity contribution in [3.05, 3.63) is 0 Å². The summed E-state index contributed by atoms with van der Waals surface area (Å²) in [5.41, 5.74) is 0.308. The molecular formula is C42H68N2O7. The predicted octanol–water partition coefficient (Wildman–Crippen LogP) is 6.89. The molecule has 8 aliphatic rings. The van der Waals surface area contributed by atoms with Crippen LogP contribution in [0, 0.1) is 62.6 Å². The Labute approximate surface area is 307 Å². The molecule has 8 rings (SSSR count). The molecule has 14 atom stereocenters. The fourth-order valence-corrected chi connectivity index (χ4v) is 14.5. The number of hydrogen-bond donors (Lipinski definition) is 1. The van der Waals surface area contributed by atoms with Crippen molar-refractivity contribution in [3.63, 3.8) is 0 Å². The van der Waals surface area contributed by atoms with Crippen LogP contribution in [-0.2, 0) is 23.7 Å². The Balaban J connectivity index is 1.01. The van der Waals surface area contributed by atoms with Gasteiger partial charge < -0.3 is 33.9 Å². The van der Waals surface area contributed by atoms with Gasteiger partial charge in [-0.15, -0.1) is 0 Å². The molecule has 8 fully saturated rings. The van der Waals surface area contributed by atoms with Gasteiger partial charge in [0.1, 0.15) is 6.10 Å². The van der Waals surface area contributed by atoms with E-state index in [0.29, 0.717) is 42.9 Å². The van der Waals surface area contributed by atoms with Crippen molar-refractivity contribution in [2.24, 2.45) is 62.6 Å². The van der Waals surface area contributed by atoms with Crippen LogP contribution in [0.15, 0.2) is 0 Å². The van der Waals surface area contributed by atoms with Gasteiger partial charge in [-0.05, 0) is 109 Å². The number of fused-ring (bicyclic) bond motifs is 4. The average Bonchev–Trinajstić information content (AvgIpc) is 3.68. The van der Waals surface area contributed by atoms with Crippen LogP contribution in [0.2, 0.25) is 0 Å². The minimum Gasteiger partial charge on any atom is -0.443 e. The molecule has 3 aliphatic heterocycles. The Morgan fingerprint density at radius 3 is 2.27 bits per heavy atom. The molecule has 0 aromatic carbocycles. The molecular weight excluding hydrogens is 644 g/mol. The zero-order chi connectivity index (χ0) is 36.5. The molecule has 0 aromatic rings. The van der Waals surface area contributed by atoms with Crippen LogP contribution in [-0.4, -0.2) is 96.5 Å². The first-order chi connectivity index (χ1) is 24.0. The lowest BCUT2D eigenvalue weighted by molar-refractivity contribution is -0.248. The highest BCUT2D eigenvalue weighted by Gasteiger charge is 2.84. The van der Waals surface area contributed by atoms with E-state index in [2.05, 4.69) is 48.5 Å². The average molecular weight is 713 g/mol. The molecule has 5 saturated carbocycles. The van der Waals surface area contributed by atoms with Crippen LogP contribution in [0.25, 0.3) is 0 Å². The van der Waals surface area contributed by atoms with E-state index in [0.717, 1.165) is 51.6 Å². The van der Waals surface area contributed by atoms with Gasteiger partial charge >= 0.3 is 6.09 Å². The molecule has 1 N–H and O–H groups in total. The van der Waals surface area contributed by atoms with Gasteiger partial charge in [-0.3, -0.25) is 4.79 Å². The minimum atomic E-state index is -0.541. The number of ether oxygens (including phenoxy) is 4. The summed E-state index contributed by atoms with van der Waals surface area (Å²) in [4.78, 5) is 29.5. The summed E-state index contributed by atoms with van der Waals surface area (Å²) in [5, 5.41) is 12.7. The highest BCUT2D eigenvalue weighted by molar-refractivity contribution is 5.78. The number of likely N-dealkylation sites (tertiary alicyclic amines) is 1. The molecule has 2 amide bonds. The summed E-state index contributed by atoms with van der Waals surface area (Å²) < 4.78 is 26.2. The van der Waals surface area contributed by atoms with Crippen LogP contribution in [0.1, 0.15) is 120 Å². The Morgan fingerprint density at radius 2 is 1.61 bits per heavy atom. The summed E-state index contributed by atoms with van der Waals surface area (Å²) in [6, 6.07) is 0. The zero-order valence-corrected chi connectivity index (χ0v) is 33.1. The number of carbonyl (C=O) groups is 2. The molecule has 288 valence electrons. The monoisotopic (exact) mass is 713 g/mol. The number of carbonyl (C=O) groups excluding carboxylic acids is 2. The largest absolute Gasteiger partial charge is 0.443 e. The maximum atomic E-state index is 13.0. The summed E-state index contributed by atoms with van der Waals surface area (Å²) >= 11 is 0. The quantitative estimate of drug-likeness (QED) is 0.320. The second kappa shape index (κ2) is 12.3. The number of morpholine rings is 1. The van der Waals surface area contributed by atoms with Gasteiger partial charge in [0.05, 0.1) is 37.6 Å². The molecule has 9 heteroatoms. The molecule has 1 unspecified atom stereocenters. The molecule has 3 saturated heterocycles. The first kappa shape index (κ1) is 36.6.